The summed E-state index contributed by atoms with van der Waals surface area (Å²) in [5.41, 5.74) is -0.384. The Labute approximate surface area is 187 Å². The predicted octanol–water partition coefficient (Wildman–Crippen LogP) is 4.72. The zero-order valence-corrected chi connectivity index (χ0v) is 18.6. The molecule has 180 valence electrons. The van der Waals surface area contributed by atoms with Crippen molar-refractivity contribution in [3.8, 4) is 0 Å². The lowest BCUT2D eigenvalue weighted by molar-refractivity contribution is -0.145. The molecule has 1 amide bonds. The molecular formula is C20H22F5N5O2S. The standard InChI is InChI=1S/C20H22F5N5O2S/c1-12-15(17(31)28-13-5-3-6-14(11-13)33(2,26)32)16(29-18(27-12)20(23,24)25)30-9-4-7-19(21,22)8-10-30/h3,5-6,11,26H,4,7-10H2,1-2H3,(H,28,31)/t33-/m0/s1. The van der Waals surface area contributed by atoms with Crippen LogP contribution in [0.1, 0.15) is 41.1 Å². The number of aromatic nitrogens is 2. The molecule has 1 atom stereocenters. The molecular weight excluding hydrogens is 469 g/mol. The van der Waals surface area contributed by atoms with Crippen LogP contribution in [0.5, 0.6) is 0 Å². The average Bonchev–Trinajstić information content (AvgIpc) is 2.86. The van der Waals surface area contributed by atoms with Gasteiger partial charge in [-0.3, -0.25) is 4.79 Å². The van der Waals surface area contributed by atoms with E-state index in [9.17, 15) is 31.0 Å². The number of aryl methyl sites for hydroxylation is 1. The molecule has 0 spiro atoms. The molecule has 0 unspecified atom stereocenters. The second kappa shape index (κ2) is 8.84. The number of anilines is 2. The SMILES string of the molecule is Cc1nc(C(F)(F)F)nc(N2CCCC(F)(F)CC2)c1C(=O)Nc1cccc([S@@](C)(=N)=O)c1. The van der Waals surface area contributed by atoms with Gasteiger partial charge in [0.15, 0.2) is 0 Å². The van der Waals surface area contributed by atoms with Crippen molar-refractivity contribution in [2.45, 2.75) is 43.2 Å². The van der Waals surface area contributed by atoms with Gasteiger partial charge in [-0.15, -0.1) is 0 Å². The van der Waals surface area contributed by atoms with Gasteiger partial charge in [0.1, 0.15) is 11.4 Å². The molecule has 2 heterocycles. The van der Waals surface area contributed by atoms with E-state index in [-0.39, 0.29) is 47.2 Å². The van der Waals surface area contributed by atoms with E-state index in [2.05, 4.69) is 15.3 Å². The number of rotatable bonds is 4. The molecule has 2 aromatic rings. The Bertz CT molecular complexity index is 1170. The van der Waals surface area contributed by atoms with Crippen molar-refractivity contribution in [2.24, 2.45) is 0 Å². The highest BCUT2D eigenvalue weighted by Gasteiger charge is 2.39. The summed E-state index contributed by atoms with van der Waals surface area (Å²) in [5.74, 6) is -5.65. The van der Waals surface area contributed by atoms with Gasteiger partial charge < -0.3 is 10.2 Å². The van der Waals surface area contributed by atoms with Crippen LogP contribution in [0.25, 0.3) is 0 Å². The van der Waals surface area contributed by atoms with E-state index in [1.54, 1.807) is 0 Å². The maximum absolute atomic E-state index is 13.8. The van der Waals surface area contributed by atoms with Crippen LogP contribution in [-0.4, -0.2) is 45.4 Å². The Morgan fingerprint density at radius 3 is 2.55 bits per heavy atom. The number of amides is 1. The van der Waals surface area contributed by atoms with Crippen molar-refractivity contribution >= 4 is 27.1 Å². The number of carbonyl (C=O) groups excluding carboxylic acids is 1. The Kier molecular flexibility index (Phi) is 6.65. The molecule has 1 aliphatic rings. The summed E-state index contributed by atoms with van der Waals surface area (Å²) in [6.45, 7) is 0.921. The van der Waals surface area contributed by atoms with Gasteiger partial charge in [0.25, 0.3) is 5.91 Å². The minimum atomic E-state index is -4.89. The number of hydrogen-bond donors (Lipinski definition) is 2. The highest BCUT2D eigenvalue weighted by molar-refractivity contribution is 7.91. The predicted molar refractivity (Wildman–Crippen MR) is 112 cm³/mol. The number of hydrogen-bond acceptors (Lipinski definition) is 6. The van der Waals surface area contributed by atoms with E-state index in [1.807, 2.05) is 0 Å². The molecule has 0 radical (unpaired) electrons. The third-order valence-corrected chi connectivity index (χ3v) is 6.26. The minimum absolute atomic E-state index is 0.00412. The summed E-state index contributed by atoms with van der Waals surface area (Å²) in [5, 5.41) is 2.50. The van der Waals surface area contributed by atoms with Crippen molar-refractivity contribution in [2.75, 3.05) is 29.6 Å². The zero-order valence-electron chi connectivity index (χ0n) is 17.8. The number of halogens is 5. The molecule has 0 saturated carbocycles. The van der Waals surface area contributed by atoms with Crippen LogP contribution in [0.4, 0.5) is 33.5 Å². The van der Waals surface area contributed by atoms with Crippen molar-refractivity contribution in [1.29, 1.82) is 4.78 Å². The molecule has 3 rings (SSSR count). The zero-order chi connectivity index (χ0) is 24.6. The Balaban J connectivity index is 2.04. The molecule has 2 N–H and O–H groups in total. The second-order valence-corrected chi connectivity index (χ2v) is 10.0. The molecule has 7 nitrogen and oxygen atoms in total. The van der Waals surface area contributed by atoms with Gasteiger partial charge in [0.05, 0.1) is 15.4 Å². The average molecular weight is 491 g/mol. The van der Waals surface area contributed by atoms with Crippen molar-refractivity contribution < 1.29 is 31.0 Å². The van der Waals surface area contributed by atoms with Crippen molar-refractivity contribution in [3.63, 3.8) is 0 Å². The third-order valence-electron chi connectivity index (χ3n) is 5.11. The third kappa shape index (κ3) is 5.95. The lowest BCUT2D eigenvalue weighted by Crippen LogP contribution is -2.31. The van der Waals surface area contributed by atoms with E-state index in [4.69, 9.17) is 4.78 Å². The summed E-state index contributed by atoms with van der Waals surface area (Å²) in [4.78, 5) is 21.4. The van der Waals surface area contributed by atoms with Gasteiger partial charge in [-0.2, -0.15) is 13.2 Å². The van der Waals surface area contributed by atoms with Crippen LogP contribution in [-0.2, 0) is 15.9 Å². The lowest BCUT2D eigenvalue weighted by Gasteiger charge is -2.25. The van der Waals surface area contributed by atoms with Gasteiger partial charge in [0, 0.05) is 42.8 Å². The van der Waals surface area contributed by atoms with E-state index in [0.29, 0.717) is 0 Å². The molecule has 33 heavy (non-hydrogen) atoms. The van der Waals surface area contributed by atoms with Gasteiger partial charge in [-0.1, -0.05) is 6.07 Å². The topological polar surface area (TPSA) is 99.0 Å². The number of carbonyl (C=O) groups is 1. The van der Waals surface area contributed by atoms with Crippen LogP contribution >= 0.6 is 0 Å². The second-order valence-electron chi connectivity index (χ2n) is 7.85. The maximum atomic E-state index is 13.8. The fourth-order valence-corrected chi connectivity index (χ4v) is 4.15. The lowest BCUT2D eigenvalue weighted by atomic mass is 10.1. The Hall–Kier alpha value is -2.83. The van der Waals surface area contributed by atoms with Crippen LogP contribution < -0.4 is 10.2 Å². The number of alkyl halides is 5. The Morgan fingerprint density at radius 1 is 1.21 bits per heavy atom. The summed E-state index contributed by atoms with van der Waals surface area (Å²) in [7, 11) is -3.08. The van der Waals surface area contributed by atoms with Crippen LogP contribution in [0, 0.1) is 11.7 Å². The molecule has 0 bridgehead atoms. The van der Waals surface area contributed by atoms with Crippen molar-refractivity contribution in [3.05, 3.63) is 41.3 Å². The highest BCUT2D eigenvalue weighted by Crippen LogP contribution is 2.34. The van der Waals surface area contributed by atoms with Crippen LogP contribution in [0.2, 0.25) is 0 Å². The molecule has 1 aromatic carbocycles. The first kappa shape index (κ1) is 24.8. The largest absolute Gasteiger partial charge is 0.451 e. The summed E-state index contributed by atoms with van der Waals surface area (Å²) < 4.78 is 87.3. The molecule has 13 heteroatoms. The van der Waals surface area contributed by atoms with Gasteiger partial charge in [-0.05, 0) is 31.5 Å². The van der Waals surface area contributed by atoms with Crippen LogP contribution in [0.3, 0.4) is 0 Å². The quantitative estimate of drug-likeness (QED) is 0.604. The number of nitrogens with one attached hydrogen (secondary N) is 2. The smallest absolute Gasteiger partial charge is 0.356 e. The van der Waals surface area contributed by atoms with E-state index in [0.717, 1.165) is 0 Å². The molecule has 1 aromatic heterocycles. The fraction of sp³-hybridized carbons (Fsp3) is 0.450. The molecule has 1 aliphatic heterocycles. The monoisotopic (exact) mass is 491 g/mol. The first-order chi connectivity index (χ1) is 15.2. The Morgan fingerprint density at radius 2 is 1.91 bits per heavy atom. The first-order valence-corrected chi connectivity index (χ1v) is 11.9. The van der Waals surface area contributed by atoms with Crippen molar-refractivity contribution in [1.82, 2.24) is 9.97 Å². The van der Waals surface area contributed by atoms with Gasteiger partial charge >= 0.3 is 6.18 Å². The van der Waals surface area contributed by atoms with Crippen LogP contribution in [0.15, 0.2) is 29.2 Å². The van der Waals surface area contributed by atoms with E-state index < -0.39 is 46.4 Å². The molecule has 0 aliphatic carbocycles. The summed E-state index contributed by atoms with van der Waals surface area (Å²) in [6.07, 6.45) is -4.69. The van der Waals surface area contributed by atoms with Gasteiger partial charge in [-0.25, -0.2) is 27.7 Å². The summed E-state index contributed by atoms with van der Waals surface area (Å²) >= 11 is 0. The van der Waals surface area contributed by atoms with E-state index in [1.165, 1.54) is 42.3 Å². The van der Waals surface area contributed by atoms with Gasteiger partial charge in [0.2, 0.25) is 11.7 Å². The maximum Gasteiger partial charge on any atom is 0.451 e. The summed E-state index contributed by atoms with van der Waals surface area (Å²) in [6, 6.07) is 5.69. The minimum Gasteiger partial charge on any atom is -0.356 e. The normalized spacial score (nSPS) is 18.3. The number of benzene rings is 1. The van der Waals surface area contributed by atoms with E-state index >= 15 is 0 Å². The molecule has 1 saturated heterocycles. The number of nitrogens with zero attached hydrogens (tertiary/aromatic N) is 3. The highest BCUT2D eigenvalue weighted by atomic mass is 32.2. The fourth-order valence-electron chi connectivity index (χ4n) is 3.46. The molecule has 1 fully saturated rings. The first-order valence-electron chi connectivity index (χ1n) is 9.91.